The standard InChI is InChI=1S/C14H22ClNO/c1-17-12-6-5-10-16(11-9-15)13-14-7-3-2-4-8-14/h2-4,7-8H,5-6,9-13H2,1H3. The summed E-state index contributed by atoms with van der Waals surface area (Å²) in [6.45, 7) is 3.87. The van der Waals surface area contributed by atoms with E-state index in [9.17, 15) is 0 Å². The third-order valence-electron chi connectivity index (χ3n) is 2.72. The van der Waals surface area contributed by atoms with Gasteiger partial charge < -0.3 is 4.74 Å². The molecule has 0 amide bonds. The van der Waals surface area contributed by atoms with E-state index in [-0.39, 0.29) is 0 Å². The van der Waals surface area contributed by atoms with Gasteiger partial charge in [0.1, 0.15) is 0 Å². The maximum absolute atomic E-state index is 5.84. The normalized spacial score (nSPS) is 11.0. The van der Waals surface area contributed by atoms with Crippen LogP contribution in [0.4, 0.5) is 0 Å². The highest BCUT2D eigenvalue weighted by molar-refractivity contribution is 6.18. The van der Waals surface area contributed by atoms with Crippen molar-refractivity contribution in [3.05, 3.63) is 35.9 Å². The molecule has 0 aliphatic carbocycles. The minimum atomic E-state index is 0.692. The largest absolute Gasteiger partial charge is 0.385 e. The predicted molar refractivity (Wildman–Crippen MR) is 73.5 cm³/mol. The van der Waals surface area contributed by atoms with Gasteiger partial charge in [0.25, 0.3) is 0 Å². The van der Waals surface area contributed by atoms with Crippen LogP contribution in [-0.2, 0) is 11.3 Å². The molecular weight excluding hydrogens is 234 g/mol. The summed E-state index contributed by atoms with van der Waals surface area (Å²) in [7, 11) is 1.75. The molecule has 0 saturated heterocycles. The van der Waals surface area contributed by atoms with Crippen molar-refractivity contribution in [3.8, 4) is 0 Å². The highest BCUT2D eigenvalue weighted by Gasteiger charge is 2.04. The van der Waals surface area contributed by atoms with Crippen molar-refractivity contribution in [2.75, 3.05) is 32.7 Å². The Bertz CT molecular complexity index is 279. The average Bonchev–Trinajstić information content (AvgIpc) is 2.36. The van der Waals surface area contributed by atoms with Crippen LogP contribution in [0.2, 0.25) is 0 Å². The van der Waals surface area contributed by atoms with Crippen LogP contribution >= 0.6 is 11.6 Å². The lowest BCUT2D eigenvalue weighted by Gasteiger charge is -2.21. The molecule has 0 aromatic heterocycles. The van der Waals surface area contributed by atoms with E-state index in [0.717, 1.165) is 39.1 Å². The van der Waals surface area contributed by atoms with E-state index in [4.69, 9.17) is 16.3 Å². The van der Waals surface area contributed by atoms with Gasteiger partial charge in [0.05, 0.1) is 0 Å². The Kier molecular flexibility index (Phi) is 8.06. The Balaban J connectivity index is 2.32. The molecule has 0 saturated carbocycles. The smallest absolute Gasteiger partial charge is 0.0462 e. The number of hydrogen-bond acceptors (Lipinski definition) is 2. The summed E-state index contributed by atoms with van der Waals surface area (Å²) in [5.74, 6) is 0.692. The van der Waals surface area contributed by atoms with Crippen LogP contribution in [0.1, 0.15) is 18.4 Å². The summed E-state index contributed by atoms with van der Waals surface area (Å²) in [4.78, 5) is 2.40. The van der Waals surface area contributed by atoms with Gasteiger partial charge in [-0.1, -0.05) is 30.3 Å². The molecule has 17 heavy (non-hydrogen) atoms. The number of rotatable bonds is 9. The number of alkyl halides is 1. The number of methoxy groups -OCH3 is 1. The minimum absolute atomic E-state index is 0.692. The lowest BCUT2D eigenvalue weighted by Crippen LogP contribution is -2.26. The van der Waals surface area contributed by atoms with E-state index >= 15 is 0 Å². The minimum Gasteiger partial charge on any atom is -0.385 e. The van der Waals surface area contributed by atoms with Crippen LogP contribution in [0.3, 0.4) is 0 Å². The molecule has 2 nitrogen and oxygen atoms in total. The predicted octanol–water partition coefficient (Wildman–Crippen LogP) is 3.15. The van der Waals surface area contributed by atoms with Crippen LogP contribution in [0.5, 0.6) is 0 Å². The summed E-state index contributed by atoms with van der Waals surface area (Å²) in [5.41, 5.74) is 1.35. The molecule has 3 heteroatoms. The van der Waals surface area contributed by atoms with Gasteiger partial charge in [-0.3, -0.25) is 4.90 Å². The number of nitrogens with zero attached hydrogens (tertiary/aromatic N) is 1. The molecule has 1 aromatic carbocycles. The van der Waals surface area contributed by atoms with Gasteiger partial charge in [-0.2, -0.15) is 0 Å². The molecule has 0 heterocycles. The Hall–Kier alpha value is -0.570. The molecule has 0 N–H and O–H groups in total. The van der Waals surface area contributed by atoms with Crippen molar-refractivity contribution >= 4 is 11.6 Å². The number of hydrogen-bond donors (Lipinski definition) is 0. The monoisotopic (exact) mass is 255 g/mol. The SMILES string of the molecule is COCCCCN(CCCl)Cc1ccccc1. The zero-order valence-corrected chi connectivity index (χ0v) is 11.3. The molecular formula is C14H22ClNO. The van der Waals surface area contributed by atoms with Crippen molar-refractivity contribution in [3.63, 3.8) is 0 Å². The van der Waals surface area contributed by atoms with Crippen LogP contribution < -0.4 is 0 Å². The first-order valence-electron chi connectivity index (χ1n) is 6.18. The third kappa shape index (κ3) is 6.67. The fourth-order valence-electron chi connectivity index (χ4n) is 1.81. The second-order valence-corrected chi connectivity index (χ2v) is 4.53. The van der Waals surface area contributed by atoms with Gasteiger partial charge in [-0.15, -0.1) is 11.6 Å². The molecule has 1 rings (SSSR count). The number of benzene rings is 1. The van der Waals surface area contributed by atoms with Gasteiger partial charge >= 0.3 is 0 Å². The van der Waals surface area contributed by atoms with Crippen molar-refractivity contribution < 1.29 is 4.74 Å². The lowest BCUT2D eigenvalue weighted by molar-refractivity contribution is 0.184. The maximum Gasteiger partial charge on any atom is 0.0462 e. The van der Waals surface area contributed by atoms with E-state index in [1.54, 1.807) is 7.11 Å². The molecule has 0 unspecified atom stereocenters. The van der Waals surface area contributed by atoms with Gasteiger partial charge in [0, 0.05) is 32.7 Å². The van der Waals surface area contributed by atoms with Crippen molar-refractivity contribution in [2.24, 2.45) is 0 Å². The summed E-state index contributed by atoms with van der Waals surface area (Å²) in [5, 5.41) is 0. The van der Waals surface area contributed by atoms with Crippen LogP contribution in [0.25, 0.3) is 0 Å². The van der Waals surface area contributed by atoms with Gasteiger partial charge in [-0.25, -0.2) is 0 Å². The molecule has 0 radical (unpaired) electrons. The third-order valence-corrected chi connectivity index (χ3v) is 2.89. The number of ether oxygens (including phenoxy) is 1. The van der Waals surface area contributed by atoms with E-state index in [1.165, 1.54) is 5.56 Å². The van der Waals surface area contributed by atoms with E-state index in [0.29, 0.717) is 5.88 Å². The van der Waals surface area contributed by atoms with Gasteiger partial charge in [0.2, 0.25) is 0 Å². The van der Waals surface area contributed by atoms with Crippen LogP contribution in [0.15, 0.2) is 30.3 Å². The maximum atomic E-state index is 5.84. The molecule has 96 valence electrons. The molecule has 0 aliphatic heterocycles. The zero-order valence-electron chi connectivity index (χ0n) is 10.6. The topological polar surface area (TPSA) is 12.5 Å². The summed E-state index contributed by atoms with van der Waals surface area (Å²) in [6, 6.07) is 10.5. The van der Waals surface area contributed by atoms with Crippen molar-refractivity contribution in [1.82, 2.24) is 4.90 Å². The highest BCUT2D eigenvalue weighted by atomic mass is 35.5. The lowest BCUT2D eigenvalue weighted by atomic mass is 10.2. The second-order valence-electron chi connectivity index (χ2n) is 4.15. The highest BCUT2D eigenvalue weighted by Crippen LogP contribution is 2.06. The molecule has 0 spiro atoms. The Morgan fingerprint density at radius 1 is 1.12 bits per heavy atom. The van der Waals surface area contributed by atoms with E-state index < -0.39 is 0 Å². The van der Waals surface area contributed by atoms with Gasteiger partial charge in [0.15, 0.2) is 0 Å². The van der Waals surface area contributed by atoms with E-state index in [1.807, 2.05) is 6.07 Å². The first-order valence-corrected chi connectivity index (χ1v) is 6.71. The first kappa shape index (κ1) is 14.5. The van der Waals surface area contributed by atoms with Crippen molar-refractivity contribution in [2.45, 2.75) is 19.4 Å². The van der Waals surface area contributed by atoms with Crippen LogP contribution in [-0.4, -0.2) is 37.6 Å². The number of unbranched alkanes of at least 4 members (excludes halogenated alkanes) is 1. The Morgan fingerprint density at radius 2 is 1.88 bits per heavy atom. The Morgan fingerprint density at radius 3 is 2.53 bits per heavy atom. The summed E-state index contributed by atoms with van der Waals surface area (Å²) >= 11 is 5.84. The zero-order chi connectivity index (χ0) is 12.3. The van der Waals surface area contributed by atoms with Gasteiger partial charge in [-0.05, 0) is 24.9 Å². The van der Waals surface area contributed by atoms with Crippen molar-refractivity contribution in [1.29, 1.82) is 0 Å². The fourth-order valence-corrected chi connectivity index (χ4v) is 2.05. The van der Waals surface area contributed by atoms with Crippen LogP contribution in [0, 0.1) is 0 Å². The number of halogens is 1. The summed E-state index contributed by atoms with van der Waals surface area (Å²) < 4.78 is 5.06. The molecule has 0 fully saturated rings. The molecule has 1 aromatic rings. The average molecular weight is 256 g/mol. The molecule has 0 bridgehead atoms. The fraction of sp³-hybridized carbons (Fsp3) is 0.571. The molecule has 0 atom stereocenters. The van der Waals surface area contributed by atoms with E-state index in [2.05, 4.69) is 29.2 Å². The second kappa shape index (κ2) is 9.46. The Labute approximate surface area is 110 Å². The molecule has 0 aliphatic rings. The quantitative estimate of drug-likeness (QED) is 0.497. The first-order chi connectivity index (χ1) is 8.36. The summed E-state index contributed by atoms with van der Waals surface area (Å²) in [6.07, 6.45) is 2.28.